The second-order valence-corrected chi connectivity index (χ2v) is 7.29. The van der Waals surface area contributed by atoms with Crippen LogP contribution in [0.1, 0.15) is 49.5 Å². The molecule has 2 aromatic rings. The quantitative estimate of drug-likeness (QED) is 0.710. The largest absolute Gasteiger partial charge is 0.494 e. The highest BCUT2D eigenvalue weighted by molar-refractivity contribution is 5.96. The van der Waals surface area contributed by atoms with E-state index >= 15 is 0 Å². The van der Waals surface area contributed by atoms with E-state index < -0.39 is 5.82 Å². The van der Waals surface area contributed by atoms with Crippen molar-refractivity contribution in [2.75, 3.05) is 12.4 Å². The second kappa shape index (κ2) is 9.35. The van der Waals surface area contributed by atoms with E-state index in [1.54, 1.807) is 36.4 Å². The molecule has 0 fully saturated rings. The zero-order valence-electron chi connectivity index (χ0n) is 16.8. The zero-order valence-corrected chi connectivity index (χ0v) is 16.8. The first-order chi connectivity index (χ1) is 13.2. The fourth-order valence-corrected chi connectivity index (χ4v) is 2.52. The SMILES string of the molecule is CCC(C)(C)NC(=O)c1ccc(NC(=O)CCc2ccc(OC)c(F)c2)cc1. The van der Waals surface area contributed by atoms with Crippen LogP contribution in [-0.4, -0.2) is 24.5 Å². The first-order valence-electron chi connectivity index (χ1n) is 9.29. The summed E-state index contributed by atoms with van der Waals surface area (Å²) in [6.07, 6.45) is 1.46. The molecule has 0 saturated carbocycles. The van der Waals surface area contributed by atoms with Gasteiger partial charge >= 0.3 is 0 Å². The van der Waals surface area contributed by atoms with Gasteiger partial charge in [0.25, 0.3) is 5.91 Å². The van der Waals surface area contributed by atoms with Crippen molar-refractivity contribution < 1.29 is 18.7 Å². The summed E-state index contributed by atoms with van der Waals surface area (Å²) < 4.78 is 18.6. The number of carbonyl (C=O) groups excluding carboxylic acids is 2. The minimum atomic E-state index is -0.444. The second-order valence-electron chi connectivity index (χ2n) is 7.29. The van der Waals surface area contributed by atoms with Gasteiger partial charge < -0.3 is 15.4 Å². The average molecular weight is 386 g/mol. The molecule has 0 spiro atoms. The Kier molecular flexibility index (Phi) is 7.15. The summed E-state index contributed by atoms with van der Waals surface area (Å²) in [6.45, 7) is 5.95. The molecule has 0 aliphatic rings. The van der Waals surface area contributed by atoms with Gasteiger partial charge in [-0.25, -0.2) is 4.39 Å². The number of halogens is 1. The number of benzene rings is 2. The van der Waals surface area contributed by atoms with E-state index in [1.807, 2.05) is 20.8 Å². The number of carbonyl (C=O) groups is 2. The number of hydrogen-bond donors (Lipinski definition) is 2. The maximum Gasteiger partial charge on any atom is 0.251 e. The van der Waals surface area contributed by atoms with E-state index in [2.05, 4.69) is 10.6 Å². The summed E-state index contributed by atoms with van der Waals surface area (Å²) >= 11 is 0. The smallest absolute Gasteiger partial charge is 0.251 e. The third kappa shape index (κ3) is 6.08. The Morgan fingerprint density at radius 1 is 1.11 bits per heavy atom. The molecule has 2 amide bonds. The number of nitrogens with one attached hydrogen (secondary N) is 2. The minimum Gasteiger partial charge on any atom is -0.494 e. The highest BCUT2D eigenvalue weighted by atomic mass is 19.1. The fraction of sp³-hybridized carbons (Fsp3) is 0.364. The molecule has 6 heteroatoms. The number of methoxy groups -OCH3 is 1. The predicted octanol–water partition coefficient (Wildman–Crippen LogP) is 4.32. The van der Waals surface area contributed by atoms with Crippen LogP contribution in [0, 0.1) is 5.82 Å². The Hall–Kier alpha value is -2.89. The van der Waals surface area contributed by atoms with Crippen LogP contribution in [0.25, 0.3) is 0 Å². The van der Waals surface area contributed by atoms with Crippen molar-refractivity contribution in [1.29, 1.82) is 0 Å². The highest BCUT2D eigenvalue weighted by Crippen LogP contribution is 2.19. The van der Waals surface area contributed by atoms with Crippen molar-refractivity contribution in [3.05, 3.63) is 59.4 Å². The molecular formula is C22H27FN2O3. The molecule has 0 atom stereocenters. The van der Waals surface area contributed by atoms with Crippen molar-refractivity contribution in [3.8, 4) is 5.75 Å². The van der Waals surface area contributed by atoms with Crippen molar-refractivity contribution in [2.45, 2.75) is 45.6 Å². The fourth-order valence-electron chi connectivity index (χ4n) is 2.52. The summed E-state index contributed by atoms with van der Waals surface area (Å²) in [5, 5.41) is 5.75. The summed E-state index contributed by atoms with van der Waals surface area (Å²) in [5.41, 5.74) is 1.59. The number of ether oxygens (including phenoxy) is 1. The number of amides is 2. The molecule has 0 unspecified atom stereocenters. The zero-order chi connectivity index (χ0) is 20.7. The molecular weight excluding hydrogens is 359 g/mol. The maximum atomic E-state index is 13.7. The Bertz CT molecular complexity index is 832. The molecule has 0 radical (unpaired) electrons. The van der Waals surface area contributed by atoms with E-state index in [1.165, 1.54) is 13.2 Å². The molecule has 2 aromatic carbocycles. The van der Waals surface area contributed by atoms with Crippen LogP contribution in [0.2, 0.25) is 0 Å². The predicted molar refractivity (Wildman–Crippen MR) is 108 cm³/mol. The van der Waals surface area contributed by atoms with Crippen molar-refractivity contribution in [3.63, 3.8) is 0 Å². The molecule has 150 valence electrons. The van der Waals surface area contributed by atoms with Gasteiger partial charge in [0.05, 0.1) is 7.11 Å². The minimum absolute atomic E-state index is 0.147. The van der Waals surface area contributed by atoms with Gasteiger partial charge in [0.15, 0.2) is 11.6 Å². The topological polar surface area (TPSA) is 67.4 Å². The molecule has 2 rings (SSSR count). The molecule has 0 aliphatic carbocycles. The molecule has 5 nitrogen and oxygen atoms in total. The molecule has 2 N–H and O–H groups in total. The third-order valence-electron chi connectivity index (χ3n) is 4.62. The van der Waals surface area contributed by atoms with E-state index in [4.69, 9.17) is 4.74 Å². The summed E-state index contributed by atoms with van der Waals surface area (Å²) in [4.78, 5) is 24.4. The third-order valence-corrected chi connectivity index (χ3v) is 4.62. The van der Waals surface area contributed by atoms with Gasteiger partial charge in [-0.05, 0) is 68.7 Å². The molecule has 0 aliphatic heterocycles. The van der Waals surface area contributed by atoms with Gasteiger partial charge in [0.2, 0.25) is 5.91 Å². The van der Waals surface area contributed by atoms with Gasteiger partial charge in [-0.15, -0.1) is 0 Å². The van der Waals surface area contributed by atoms with Crippen LogP contribution in [0.4, 0.5) is 10.1 Å². The first kappa shape index (κ1) is 21.4. The Labute approximate surface area is 165 Å². The Morgan fingerprint density at radius 2 is 1.79 bits per heavy atom. The van der Waals surface area contributed by atoms with E-state index in [9.17, 15) is 14.0 Å². The molecule has 0 saturated heterocycles. The highest BCUT2D eigenvalue weighted by Gasteiger charge is 2.18. The van der Waals surface area contributed by atoms with Crippen LogP contribution >= 0.6 is 0 Å². The lowest BCUT2D eigenvalue weighted by Gasteiger charge is -2.24. The standard InChI is InChI=1S/C22H27FN2O3/c1-5-22(2,3)25-21(27)16-8-10-17(11-9-16)24-20(26)13-7-15-6-12-19(28-4)18(23)14-15/h6,8-12,14H,5,7,13H2,1-4H3,(H,24,26)(H,25,27). The lowest BCUT2D eigenvalue weighted by atomic mass is 10.0. The number of aryl methyl sites for hydroxylation is 1. The summed E-state index contributed by atoms with van der Waals surface area (Å²) in [7, 11) is 1.41. The van der Waals surface area contributed by atoms with Gasteiger partial charge in [-0.2, -0.15) is 0 Å². The van der Waals surface area contributed by atoms with Gasteiger partial charge in [0.1, 0.15) is 0 Å². The summed E-state index contributed by atoms with van der Waals surface area (Å²) in [5.74, 6) is -0.591. The Balaban J connectivity index is 1.88. The van der Waals surface area contributed by atoms with Gasteiger partial charge in [-0.1, -0.05) is 13.0 Å². The van der Waals surface area contributed by atoms with E-state index in [0.717, 1.165) is 12.0 Å². The van der Waals surface area contributed by atoms with Crippen molar-refractivity contribution in [2.24, 2.45) is 0 Å². The Morgan fingerprint density at radius 3 is 2.36 bits per heavy atom. The normalized spacial score (nSPS) is 11.0. The molecule has 0 bridgehead atoms. The van der Waals surface area contributed by atoms with E-state index in [0.29, 0.717) is 17.7 Å². The average Bonchev–Trinajstić information content (AvgIpc) is 2.66. The number of rotatable bonds is 8. The molecule has 0 aromatic heterocycles. The van der Waals surface area contributed by atoms with Crippen LogP contribution in [0.5, 0.6) is 5.75 Å². The molecule has 28 heavy (non-hydrogen) atoms. The maximum absolute atomic E-state index is 13.7. The first-order valence-corrected chi connectivity index (χ1v) is 9.29. The van der Waals surface area contributed by atoms with Crippen LogP contribution in [0.15, 0.2) is 42.5 Å². The van der Waals surface area contributed by atoms with Crippen molar-refractivity contribution >= 4 is 17.5 Å². The van der Waals surface area contributed by atoms with Crippen LogP contribution in [0.3, 0.4) is 0 Å². The monoisotopic (exact) mass is 386 g/mol. The lowest BCUT2D eigenvalue weighted by molar-refractivity contribution is -0.116. The van der Waals surface area contributed by atoms with E-state index in [-0.39, 0.29) is 29.5 Å². The lowest BCUT2D eigenvalue weighted by Crippen LogP contribution is -2.42. The van der Waals surface area contributed by atoms with Crippen molar-refractivity contribution in [1.82, 2.24) is 5.32 Å². The number of hydrogen-bond acceptors (Lipinski definition) is 3. The summed E-state index contributed by atoms with van der Waals surface area (Å²) in [6, 6.07) is 11.4. The van der Waals surface area contributed by atoms with Gasteiger partial charge in [-0.3, -0.25) is 9.59 Å². The number of anilines is 1. The van der Waals surface area contributed by atoms with Crippen LogP contribution in [-0.2, 0) is 11.2 Å². The van der Waals surface area contributed by atoms with Gasteiger partial charge in [0, 0.05) is 23.2 Å². The molecule has 0 heterocycles. The van der Waals surface area contributed by atoms with Crippen LogP contribution < -0.4 is 15.4 Å².